The molecule has 2 rings (SSSR count). The first kappa shape index (κ1) is 7.10. The van der Waals surface area contributed by atoms with E-state index in [-0.39, 0.29) is 18.1 Å². The predicted octanol–water partition coefficient (Wildman–Crippen LogP) is 0.446. The quantitative estimate of drug-likeness (QED) is 0.551. The van der Waals surface area contributed by atoms with Gasteiger partial charge < -0.3 is 10.1 Å². The Bertz CT molecular complexity index is 161. The van der Waals surface area contributed by atoms with E-state index in [2.05, 4.69) is 5.32 Å². The minimum atomic E-state index is 0.0217. The number of nitrogens with one attached hydrogen (secondary N) is 1. The maximum atomic E-state index is 10.8. The van der Waals surface area contributed by atoms with Gasteiger partial charge in [0.2, 0.25) is 5.91 Å². The van der Waals surface area contributed by atoms with Crippen LogP contribution in [0.25, 0.3) is 0 Å². The Labute approximate surface area is 66.1 Å². The van der Waals surface area contributed by atoms with Gasteiger partial charge in [-0.05, 0) is 12.8 Å². The van der Waals surface area contributed by atoms with Crippen molar-refractivity contribution in [1.82, 2.24) is 5.32 Å². The van der Waals surface area contributed by atoms with E-state index in [1.165, 1.54) is 12.8 Å². The summed E-state index contributed by atoms with van der Waals surface area (Å²) >= 11 is 0. The summed E-state index contributed by atoms with van der Waals surface area (Å²) in [6.07, 6.45) is 4.73. The van der Waals surface area contributed by atoms with Crippen molar-refractivity contribution in [2.45, 2.75) is 31.3 Å². The lowest BCUT2D eigenvalue weighted by atomic mass is 10.0. The van der Waals surface area contributed by atoms with Crippen molar-refractivity contribution in [3.05, 3.63) is 0 Å². The van der Waals surface area contributed by atoms with Crippen molar-refractivity contribution >= 4 is 5.91 Å². The zero-order chi connectivity index (χ0) is 7.73. The third-order valence-electron chi connectivity index (χ3n) is 2.63. The Morgan fingerprint density at radius 1 is 1.36 bits per heavy atom. The summed E-state index contributed by atoms with van der Waals surface area (Å²) < 4.78 is 5.53. The summed E-state index contributed by atoms with van der Waals surface area (Å²) in [5.41, 5.74) is 0.0217. The highest BCUT2D eigenvalue weighted by atomic mass is 16.5. The highest BCUT2D eigenvalue weighted by Gasteiger charge is 2.38. The van der Waals surface area contributed by atoms with Gasteiger partial charge in [0.1, 0.15) is 6.61 Å². The average molecular weight is 155 g/mol. The molecule has 1 aliphatic carbocycles. The first-order valence-corrected chi connectivity index (χ1v) is 4.21. The molecule has 0 aromatic heterocycles. The topological polar surface area (TPSA) is 38.3 Å². The fourth-order valence-electron chi connectivity index (χ4n) is 1.92. The number of ether oxygens (including phenoxy) is 1. The van der Waals surface area contributed by atoms with E-state index in [1.54, 1.807) is 0 Å². The minimum Gasteiger partial charge on any atom is -0.363 e. The van der Waals surface area contributed by atoms with Crippen LogP contribution in [0.4, 0.5) is 0 Å². The van der Waals surface area contributed by atoms with Crippen LogP contribution >= 0.6 is 0 Å². The molecule has 1 saturated carbocycles. The standard InChI is InChI=1S/C8H13NO2/c10-7-5-11-8(6-9-7)3-1-2-4-8/h1-6H2,(H,9,10). The Balaban J connectivity index is 1.99. The Morgan fingerprint density at radius 3 is 2.64 bits per heavy atom. The summed E-state index contributed by atoms with van der Waals surface area (Å²) in [6.45, 7) is 0.992. The second-order valence-corrected chi connectivity index (χ2v) is 3.46. The maximum Gasteiger partial charge on any atom is 0.246 e. The van der Waals surface area contributed by atoms with Gasteiger partial charge >= 0.3 is 0 Å². The Hall–Kier alpha value is -0.570. The van der Waals surface area contributed by atoms with Crippen LogP contribution in [-0.2, 0) is 9.53 Å². The SMILES string of the molecule is O=C1COC2(CCCC2)CN1. The molecule has 1 amide bonds. The van der Waals surface area contributed by atoms with E-state index in [4.69, 9.17) is 4.74 Å². The first-order valence-electron chi connectivity index (χ1n) is 4.21. The summed E-state index contributed by atoms with van der Waals surface area (Å²) in [6, 6.07) is 0. The molecule has 0 bridgehead atoms. The Kier molecular flexibility index (Phi) is 1.60. The lowest BCUT2D eigenvalue weighted by Gasteiger charge is -2.33. The van der Waals surface area contributed by atoms with E-state index < -0.39 is 0 Å². The largest absolute Gasteiger partial charge is 0.363 e. The van der Waals surface area contributed by atoms with Crippen LogP contribution in [0.5, 0.6) is 0 Å². The number of hydrogen-bond acceptors (Lipinski definition) is 2. The van der Waals surface area contributed by atoms with Gasteiger partial charge in [-0.1, -0.05) is 12.8 Å². The van der Waals surface area contributed by atoms with Crippen LogP contribution in [0, 0.1) is 0 Å². The zero-order valence-electron chi connectivity index (χ0n) is 6.56. The molecule has 1 aliphatic heterocycles. The summed E-state index contributed by atoms with van der Waals surface area (Å²) in [5.74, 6) is 0.0301. The number of morpholine rings is 1. The molecule has 0 radical (unpaired) electrons. The van der Waals surface area contributed by atoms with Crippen LogP contribution in [0.15, 0.2) is 0 Å². The normalized spacial score (nSPS) is 28.9. The molecule has 11 heavy (non-hydrogen) atoms. The van der Waals surface area contributed by atoms with Gasteiger partial charge in [0.15, 0.2) is 0 Å². The lowest BCUT2D eigenvalue weighted by molar-refractivity contribution is -0.142. The number of amides is 1. The smallest absolute Gasteiger partial charge is 0.246 e. The molecule has 1 N–H and O–H groups in total. The van der Waals surface area contributed by atoms with E-state index >= 15 is 0 Å². The highest BCUT2D eigenvalue weighted by molar-refractivity contribution is 5.78. The molecule has 62 valence electrons. The van der Waals surface area contributed by atoms with Crippen LogP contribution in [0.2, 0.25) is 0 Å². The second-order valence-electron chi connectivity index (χ2n) is 3.46. The van der Waals surface area contributed by atoms with Crippen molar-refractivity contribution in [3.8, 4) is 0 Å². The van der Waals surface area contributed by atoms with Crippen molar-refractivity contribution in [2.24, 2.45) is 0 Å². The van der Waals surface area contributed by atoms with Gasteiger partial charge in [0.05, 0.1) is 5.60 Å². The zero-order valence-corrected chi connectivity index (χ0v) is 6.56. The van der Waals surface area contributed by atoms with Crippen LogP contribution in [0.1, 0.15) is 25.7 Å². The van der Waals surface area contributed by atoms with Crippen molar-refractivity contribution in [2.75, 3.05) is 13.2 Å². The Morgan fingerprint density at radius 2 is 2.09 bits per heavy atom. The maximum absolute atomic E-state index is 10.8. The molecule has 0 aromatic carbocycles. The summed E-state index contributed by atoms with van der Waals surface area (Å²) in [4.78, 5) is 10.8. The number of rotatable bonds is 0. The van der Waals surface area contributed by atoms with E-state index in [9.17, 15) is 4.79 Å². The van der Waals surface area contributed by atoms with Crippen molar-refractivity contribution in [3.63, 3.8) is 0 Å². The fourth-order valence-corrected chi connectivity index (χ4v) is 1.92. The molecule has 3 heteroatoms. The number of carbonyl (C=O) groups excluding carboxylic acids is 1. The molecule has 1 saturated heterocycles. The van der Waals surface area contributed by atoms with Gasteiger partial charge in [0.25, 0.3) is 0 Å². The van der Waals surface area contributed by atoms with Crippen molar-refractivity contribution < 1.29 is 9.53 Å². The number of carbonyl (C=O) groups is 1. The second kappa shape index (κ2) is 2.48. The molecule has 2 fully saturated rings. The monoisotopic (exact) mass is 155 g/mol. The van der Waals surface area contributed by atoms with Crippen LogP contribution in [0.3, 0.4) is 0 Å². The van der Waals surface area contributed by atoms with E-state index in [1.807, 2.05) is 0 Å². The molecule has 1 heterocycles. The van der Waals surface area contributed by atoms with Crippen LogP contribution in [-0.4, -0.2) is 24.7 Å². The van der Waals surface area contributed by atoms with Gasteiger partial charge in [0, 0.05) is 6.54 Å². The van der Waals surface area contributed by atoms with Gasteiger partial charge in [-0.3, -0.25) is 4.79 Å². The van der Waals surface area contributed by atoms with Crippen LogP contribution < -0.4 is 5.32 Å². The highest BCUT2D eigenvalue weighted by Crippen LogP contribution is 2.33. The fraction of sp³-hybridized carbons (Fsp3) is 0.875. The van der Waals surface area contributed by atoms with E-state index in [0.29, 0.717) is 0 Å². The molecular weight excluding hydrogens is 142 g/mol. The van der Waals surface area contributed by atoms with Gasteiger partial charge in [-0.2, -0.15) is 0 Å². The third kappa shape index (κ3) is 1.25. The predicted molar refractivity (Wildman–Crippen MR) is 40.2 cm³/mol. The molecule has 0 atom stereocenters. The van der Waals surface area contributed by atoms with Gasteiger partial charge in [-0.25, -0.2) is 0 Å². The average Bonchev–Trinajstić information content (AvgIpc) is 2.45. The minimum absolute atomic E-state index is 0.0217. The lowest BCUT2D eigenvalue weighted by Crippen LogP contribution is -2.50. The molecule has 1 spiro atoms. The molecule has 3 nitrogen and oxygen atoms in total. The number of hydrogen-bond donors (Lipinski definition) is 1. The summed E-state index contributed by atoms with van der Waals surface area (Å²) in [5, 5.41) is 2.85. The third-order valence-corrected chi connectivity index (χ3v) is 2.63. The molecule has 2 aliphatic rings. The molecule has 0 unspecified atom stereocenters. The van der Waals surface area contributed by atoms with E-state index in [0.717, 1.165) is 19.4 Å². The molecular formula is C8H13NO2. The molecule has 0 aromatic rings. The first-order chi connectivity index (χ1) is 5.31. The van der Waals surface area contributed by atoms with Gasteiger partial charge in [-0.15, -0.1) is 0 Å². The summed E-state index contributed by atoms with van der Waals surface area (Å²) in [7, 11) is 0. The van der Waals surface area contributed by atoms with Crippen molar-refractivity contribution in [1.29, 1.82) is 0 Å².